The van der Waals surface area contributed by atoms with Crippen molar-refractivity contribution in [3.63, 3.8) is 0 Å². The van der Waals surface area contributed by atoms with Crippen molar-refractivity contribution < 1.29 is 9.53 Å². The van der Waals surface area contributed by atoms with Crippen LogP contribution < -0.4 is 4.74 Å². The molecule has 30 heavy (non-hydrogen) atoms. The van der Waals surface area contributed by atoms with Crippen LogP contribution >= 0.6 is 11.3 Å². The number of aromatic nitrogens is 1. The standard InChI is InChI=1S/C24H29N3O2S/c1-3-29-20-12-10-18(11-13-20)15-26(2)23(28)17-27-14-6-7-19(16-27)24-25-21-8-4-5-9-22(21)30-24/h4-5,8-13,19H,3,6-7,14-17H2,1-2H3/t19-/m1/s1. The summed E-state index contributed by atoms with van der Waals surface area (Å²) in [5, 5.41) is 1.20. The number of nitrogens with zero attached hydrogens (tertiary/aromatic N) is 3. The van der Waals surface area contributed by atoms with Crippen LogP contribution in [0, 0.1) is 0 Å². The zero-order chi connectivity index (χ0) is 20.9. The number of para-hydroxylation sites is 1. The van der Waals surface area contributed by atoms with Crippen LogP contribution in [0.1, 0.15) is 36.3 Å². The Morgan fingerprint density at radius 2 is 2.03 bits per heavy atom. The van der Waals surface area contributed by atoms with Crippen LogP contribution in [-0.4, -0.2) is 54.0 Å². The number of piperidine rings is 1. The molecule has 1 aromatic heterocycles. The lowest BCUT2D eigenvalue weighted by atomic mass is 9.98. The zero-order valence-electron chi connectivity index (χ0n) is 17.7. The molecule has 1 fully saturated rings. The van der Waals surface area contributed by atoms with E-state index in [0.717, 1.165) is 42.8 Å². The molecule has 158 valence electrons. The van der Waals surface area contributed by atoms with Crippen molar-refractivity contribution in [1.82, 2.24) is 14.8 Å². The summed E-state index contributed by atoms with van der Waals surface area (Å²) < 4.78 is 6.73. The van der Waals surface area contributed by atoms with Gasteiger partial charge in [0.15, 0.2) is 0 Å². The molecule has 5 nitrogen and oxygen atoms in total. The molecule has 0 saturated carbocycles. The van der Waals surface area contributed by atoms with Crippen molar-refractivity contribution in [3.05, 3.63) is 59.1 Å². The van der Waals surface area contributed by atoms with Crippen LogP contribution in [0.15, 0.2) is 48.5 Å². The number of amides is 1. The lowest BCUT2D eigenvalue weighted by Gasteiger charge is -2.32. The fourth-order valence-electron chi connectivity index (χ4n) is 4.00. The van der Waals surface area contributed by atoms with Gasteiger partial charge in [-0.25, -0.2) is 4.98 Å². The molecule has 2 aromatic carbocycles. The topological polar surface area (TPSA) is 45.7 Å². The summed E-state index contributed by atoms with van der Waals surface area (Å²) in [5.74, 6) is 1.44. The molecule has 1 saturated heterocycles. The van der Waals surface area contributed by atoms with Crippen LogP contribution in [0.2, 0.25) is 0 Å². The molecule has 3 aromatic rings. The van der Waals surface area contributed by atoms with Gasteiger partial charge in [-0.15, -0.1) is 11.3 Å². The summed E-state index contributed by atoms with van der Waals surface area (Å²) in [7, 11) is 1.88. The van der Waals surface area contributed by atoms with Crippen molar-refractivity contribution in [2.45, 2.75) is 32.2 Å². The number of hydrogen-bond donors (Lipinski definition) is 0. The lowest BCUT2D eigenvalue weighted by Crippen LogP contribution is -2.42. The molecule has 1 atom stereocenters. The molecule has 1 aliphatic rings. The summed E-state index contributed by atoms with van der Waals surface area (Å²) in [5.41, 5.74) is 2.20. The molecule has 0 spiro atoms. The van der Waals surface area contributed by atoms with E-state index in [-0.39, 0.29) is 5.91 Å². The number of likely N-dealkylation sites (N-methyl/N-ethyl adjacent to an activating group) is 1. The van der Waals surface area contributed by atoms with Gasteiger partial charge >= 0.3 is 0 Å². The second-order valence-corrected chi connectivity index (χ2v) is 8.98. The smallest absolute Gasteiger partial charge is 0.236 e. The number of benzene rings is 2. The van der Waals surface area contributed by atoms with E-state index in [9.17, 15) is 4.79 Å². The highest BCUT2D eigenvalue weighted by molar-refractivity contribution is 7.18. The maximum atomic E-state index is 12.8. The minimum Gasteiger partial charge on any atom is -0.494 e. The molecular weight excluding hydrogens is 394 g/mol. The molecule has 0 radical (unpaired) electrons. The number of carbonyl (C=O) groups excluding carboxylic acids is 1. The highest BCUT2D eigenvalue weighted by Crippen LogP contribution is 2.32. The number of ether oxygens (including phenoxy) is 1. The minimum absolute atomic E-state index is 0.161. The fraction of sp³-hybridized carbons (Fsp3) is 0.417. The van der Waals surface area contributed by atoms with Gasteiger partial charge in [0.2, 0.25) is 5.91 Å². The van der Waals surface area contributed by atoms with Gasteiger partial charge < -0.3 is 9.64 Å². The Morgan fingerprint density at radius 3 is 2.80 bits per heavy atom. The third-order valence-electron chi connectivity index (χ3n) is 5.60. The first-order chi connectivity index (χ1) is 14.6. The van der Waals surface area contributed by atoms with E-state index in [2.05, 4.69) is 23.1 Å². The summed E-state index contributed by atoms with van der Waals surface area (Å²) in [6.07, 6.45) is 2.25. The average molecular weight is 424 g/mol. The third kappa shape index (κ3) is 4.99. The maximum Gasteiger partial charge on any atom is 0.236 e. The number of fused-ring (bicyclic) bond motifs is 1. The van der Waals surface area contributed by atoms with E-state index in [1.54, 1.807) is 11.3 Å². The Kier molecular flexibility index (Phi) is 6.65. The van der Waals surface area contributed by atoms with Gasteiger partial charge in [-0.05, 0) is 56.1 Å². The Balaban J connectivity index is 1.33. The van der Waals surface area contributed by atoms with E-state index in [1.165, 1.54) is 9.71 Å². The number of hydrogen-bond acceptors (Lipinski definition) is 5. The van der Waals surface area contributed by atoms with Gasteiger partial charge in [0.05, 0.1) is 28.4 Å². The second kappa shape index (κ2) is 9.58. The Labute approximate surface area is 182 Å². The molecule has 2 heterocycles. The molecule has 6 heteroatoms. The maximum absolute atomic E-state index is 12.8. The SMILES string of the molecule is CCOc1ccc(CN(C)C(=O)CN2CCC[C@@H](c3nc4ccccc4s3)C2)cc1. The van der Waals surface area contributed by atoms with Gasteiger partial charge in [-0.3, -0.25) is 9.69 Å². The van der Waals surface area contributed by atoms with Crippen LogP contribution in [0.5, 0.6) is 5.75 Å². The van der Waals surface area contributed by atoms with Gasteiger partial charge in [-0.2, -0.15) is 0 Å². The van der Waals surface area contributed by atoms with Gasteiger partial charge in [0.25, 0.3) is 0 Å². The number of thiazole rings is 1. The van der Waals surface area contributed by atoms with E-state index < -0.39 is 0 Å². The zero-order valence-corrected chi connectivity index (χ0v) is 18.5. The van der Waals surface area contributed by atoms with Crippen LogP contribution in [0.25, 0.3) is 10.2 Å². The van der Waals surface area contributed by atoms with E-state index in [4.69, 9.17) is 9.72 Å². The number of carbonyl (C=O) groups is 1. The van der Waals surface area contributed by atoms with E-state index >= 15 is 0 Å². The van der Waals surface area contributed by atoms with Crippen molar-refractivity contribution in [1.29, 1.82) is 0 Å². The summed E-state index contributed by atoms with van der Waals surface area (Å²) in [6.45, 7) is 5.59. The lowest BCUT2D eigenvalue weighted by molar-refractivity contribution is -0.131. The Bertz CT molecular complexity index is 953. The molecule has 0 bridgehead atoms. The molecule has 0 N–H and O–H groups in total. The molecular formula is C24H29N3O2S. The van der Waals surface area contributed by atoms with Crippen LogP contribution in [-0.2, 0) is 11.3 Å². The number of likely N-dealkylation sites (tertiary alicyclic amines) is 1. The molecule has 1 aliphatic heterocycles. The summed E-state index contributed by atoms with van der Waals surface area (Å²) in [6, 6.07) is 16.3. The van der Waals surface area contributed by atoms with Crippen LogP contribution in [0.3, 0.4) is 0 Å². The van der Waals surface area contributed by atoms with Gasteiger partial charge in [0, 0.05) is 26.1 Å². The predicted molar refractivity (Wildman–Crippen MR) is 122 cm³/mol. The highest BCUT2D eigenvalue weighted by atomic mass is 32.1. The first-order valence-electron chi connectivity index (χ1n) is 10.7. The van der Waals surface area contributed by atoms with Crippen molar-refractivity contribution >= 4 is 27.5 Å². The largest absolute Gasteiger partial charge is 0.494 e. The molecule has 1 amide bonds. The van der Waals surface area contributed by atoms with E-state index in [0.29, 0.717) is 25.6 Å². The third-order valence-corrected chi connectivity index (χ3v) is 6.80. The monoisotopic (exact) mass is 423 g/mol. The van der Waals surface area contributed by atoms with Gasteiger partial charge in [-0.1, -0.05) is 24.3 Å². The molecule has 4 rings (SSSR count). The van der Waals surface area contributed by atoms with Crippen LogP contribution in [0.4, 0.5) is 0 Å². The van der Waals surface area contributed by atoms with Crippen molar-refractivity contribution in [2.24, 2.45) is 0 Å². The average Bonchev–Trinajstić information content (AvgIpc) is 3.20. The van der Waals surface area contributed by atoms with Crippen molar-refractivity contribution in [3.8, 4) is 5.75 Å². The normalized spacial score (nSPS) is 17.2. The number of rotatable bonds is 7. The summed E-state index contributed by atoms with van der Waals surface area (Å²) >= 11 is 1.79. The van der Waals surface area contributed by atoms with Crippen molar-refractivity contribution in [2.75, 3.05) is 33.3 Å². The highest BCUT2D eigenvalue weighted by Gasteiger charge is 2.26. The van der Waals surface area contributed by atoms with Gasteiger partial charge in [0.1, 0.15) is 5.75 Å². The minimum atomic E-state index is 0.161. The Morgan fingerprint density at radius 1 is 1.23 bits per heavy atom. The second-order valence-electron chi connectivity index (χ2n) is 7.92. The molecule has 0 aliphatic carbocycles. The van der Waals surface area contributed by atoms with E-state index in [1.807, 2.05) is 49.2 Å². The molecule has 0 unspecified atom stereocenters. The Hall–Kier alpha value is -2.44. The first kappa shape index (κ1) is 20.8. The summed E-state index contributed by atoms with van der Waals surface area (Å²) in [4.78, 5) is 21.8. The first-order valence-corrected chi connectivity index (χ1v) is 11.5. The fourth-order valence-corrected chi connectivity index (χ4v) is 5.09. The quantitative estimate of drug-likeness (QED) is 0.560. The predicted octanol–water partition coefficient (Wildman–Crippen LogP) is 4.53.